The Bertz CT molecular complexity index is 546. The van der Waals surface area contributed by atoms with Gasteiger partial charge in [-0.3, -0.25) is 4.79 Å². The molecule has 0 fully saturated rings. The summed E-state index contributed by atoms with van der Waals surface area (Å²) >= 11 is 0. The first-order chi connectivity index (χ1) is 10.1. The molecule has 0 aromatic heterocycles. The number of carboxylic acids is 1. The largest absolute Gasteiger partial charge is 0.480 e. The lowest BCUT2D eigenvalue weighted by Gasteiger charge is -2.12. The lowest BCUT2D eigenvalue weighted by molar-refractivity contribution is -0.140. The number of hydrogen-bond donors (Lipinski definition) is 2. The van der Waals surface area contributed by atoms with E-state index in [0.717, 1.165) is 5.56 Å². The lowest BCUT2D eigenvalue weighted by atomic mass is 10.1. The van der Waals surface area contributed by atoms with Crippen molar-refractivity contribution < 1.29 is 19.4 Å². The van der Waals surface area contributed by atoms with Crippen molar-refractivity contribution in [3.63, 3.8) is 0 Å². The summed E-state index contributed by atoms with van der Waals surface area (Å²) in [4.78, 5) is 21.3. The Balaban J connectivity index is 2.75. The Labute approximate surface area is 123 Å². The van der Waals surface area contributed by atoms with Gasteiger partial charge in [0.05, 0.1) is 0 Å². The smallest absolute Gasteiger partial charge is 0.326 e. The van der Waals surface area contributed by atoms with Crippen LogP contribution in [0.5, 0.6) is 5.75 Å². The zero-order valence-corrected chi connectivity index (χ0v) is 11.5. The summed E-state index contributed by atoms with van der Waals surface area (Å²) in [6.07, 6.45) is 5.41. The highest BCUT2D eigenvalue weighted by atomic mass is 16.5. The number of benzene rings is 1. The molecule has 1 aromatic carbocycles. The van der Waals surface area contributed by atoms with Crippen molar-refractivity contribution in [2.45, 2.75) is 12.5 Å². The van der Waals surface area contributed by atoms with Crippen LogP contribution in [0.4, 0.5) is 0 Å². The minimum atomic E-state index is -1.08. The van der Waals surface area contributed by atoms with Crippen molar-refractivity contribution in [1.29, 1.82) is 0 Å². The zero-order chi connectivity index (χ0) is 15.7. The van der Waals surface area contributed by atoms with Crippen molar-refractivity contribution >= 4 is 12.4 Å². The third-order valence-corrected chi connectivity index (χ3v) is 2.65. The monoisotopic (exact) mass is 287 g/mol. The molecule has 0 unspecified atom stereocenters. The normalized spacial score (nSPS) is 12.1. The van der Waals surface area contributed by atoms with Crippen LogP contribution in [0.25, 0.3) is 0 Å². The second-order valence-electron chi connectivity index (χ2n) is 4.13. The molecule has 0 spiro atoms. The van der Waals surface area contributed by atoms with Crippen molar-refractivity contribution in [1.82, 2.24) is 5.32 Å². The van der Waals surface area contributed by atoms with Crippen LogP contribution in [0.2, 0.25) is 0 Å². The molecule has 0 bridgehead atoms. The van der Waals surface area contributed by atoms with Gasteiger partial charge in [0.25, 0.3) is 0 Å². The molecule has 5 nitrogen and oxygen atoms in total. The van der Waals surface area contributed by atoms with E-state index in [1.165, 1.54) is 0 Å². The number of carboxylic acid groups (broad SMARTS) is 1. The van der Waals surface area contributed by atoms with Gasteiger partial charge in [-0.05, 0) is 29.8 Å². The molecular formula is C16H17NO4. The zero-order valence-electron chi connectivity index (χ0n) is 11.5. The van der Waals surface area contributed by atoms with Gasteiger partial charge in [-0.15, -0.1) is 0 Å². The minimum Gasteiger partial charge on any atom is -0.480 e. The molecule has 0 radical (unpaired) electrons. The average Bonchev–Trinajstić information content (AvgIpc) is 2.48. The molecule has 1 atom stereocenters. The summed E-state index contributed by atoms with van der Waals surface area (Å²) in [7, 11) is 0. The highest BCUT2D eigenvalue weighted by Gasteiger charge is 2.16. The maximum Gasteiger partial charge on any atom is 0.326 e. The lowest BCUT2D eigenvalue weighted by Crippen LogP contribution is -2.37. The quantitative estimate of drug-likeness (QED) is 0.414. The maximum atomic E-state index is 10.9. The molecule has 0 saturated carbocycles. The molecule has 2 N–H and O–H groups in total. The number of rotatable bonds is 9. The molecule has 5 heteroatoms. The first kappa shape index (κ1) is 16.2. The van der Waals surface area contributed by atoms with E-state index in [4.69, 9.17) is 9.84 Å². The van der Waals surface area contributed by atoms with Crippen LogP contribution < -0.4 is 10.1 Å². The molecule has 0 aliphatic rings. The fourth-order valence-corrected chi connectivity index (χ4v) is 1.62. The predicted octanol–water partition coefficient (Wildman–Crippen LogP) is 2.06. The van der Waals surface area contributed by atoms with Gasteiger partial charge in [-0.25, -0.2) is 4.79 Å². The molecule has 0 aliphatic heterocycles. The van der Waals surface area contributed by atoms with E-state index in [0.29, 0.717) is 17.9 Å². The molecule has 1 rings (SSSR count). The highest BCUT2D eigenvalue weighted by Crippen LogP contribution is 2.16. The predicted molar refractivity (Wildman–Crippen MR) is 79.9 cm³/mol. The van der Waals surface area contributed by atoms with Crippen LogP contribution in [0.3, 0.4) is 0 Å². The summed E-state index contributed by atoms with van der Waals surface area (Å²) in [6.45, 7) is 7.20. The Morgan fingerprint density at radius 2 is 2.00 bits per heavy atom. The van der Waals surface area contributed by atoms with E-state index < -0.39 is 12.0 Å². The molecule has 0 heterocycles. The SMILES string of the molecule is C=C/C=C(\C=C)Oc1ccc(C[C@H](NC=O)C(=O)O)cc1. The molecule has 21 heavy (non-hydrogen) atoms. The molecular weight excluding hydrogens is 270 g/mol. The fourth-order valence-electron chi connectivity index (χ4n) is 1.62. The summed E-state index contributed by atoms with van der Waals surface area (Å²) in [6, 6.07) is 5.97. The van der Waals surface area contributed by atoms with Crippen molar-refractivity contribution in [3.8, 4) is 5.75 Å². The van der Waals surface area contributed by atoms with Crippen LogP contribution in [0.15, 0.2) is 61.4 Å². The topological polar surface area (TPSA) is 75.6 Å². The van der Waals surface area contributed by atoms with E-state index >= 15 is 0 Å². The van der Waals surface area contributed by atoms with E-state index in [-0.39, 0.29) is 6.42 Å². The number of nitrogens with one attached hydrogen (secondary N) is 1. The summed E-state index contributed by atoms with van der Waals surface area (Å²) in [5, 5.41) is 11.2. The standard InChI is InChI=1S/C16H17NO4/c1-3-5-13(4-2)21-14-8-6-12(7-9-14)10-15(16(19)20)17-11-18/h3-9,11,15H,1-2,10H2,(H,17,18)(H,19,20)/b13-5+/t15-/m0/s1. The van der Waals surface area contributed by atoms with Gasteiger partial charge in [0.2, 0.25) is 6.41 Å². The molecule has 0 saturated heterocycles. The molecule has 1 aromatic rings. The van der Waals surface area contributed by atoms with E-state index in [1.807, 2.05) is 0 Å². The summed E-state index contributed by atoms with van der Waals surface area (Å²) in [5.74, 6) is 0.0797. The van der Waals surface area contributed by atoms with Gasteiger partial charge in [0.15, 0.2) is 0 Å². The third kappa shape index (κ3) is 5.36. The van der Waals surface area contributed by atoms with Gasteiger partial charge in [0, 0.05) is 6.42 Å². The maximum absolute atomic E-state index is 10.9. The van der Waals surface area contributed by atoms with Crippen molar-refractivity contribution in [2.24, 2.45) is 0 Å². The van der Waals surface area contributed by atoms with Crippen LogP contribution >= 0.6 is 0 Å². The minimum absolute atomic E-state index is 0.200. The number of hydrogen-bond acceptors (Lipinski definition) is 3. The number of carbonyl (C=O) groups excluding carboxylic acids is 1. The third-order valence-electron chi connectivity index (χ3n) is 2.65. The van der Waals surface area contributed by atoms with Crippen LogP contribution in [0, 0.1) is 0 Å². The average molecular weight is 287 g/mol. The van der Waals surface area contributed by atoms with E-state index in [1.54, 1.807) is 42.5 Å². The van der Waals surface area contributed by atoms with Gasteiger partial charge in [-0.1, -0.05) is 31.4 Å². The van der Waals surface area contributed by atoms with Crippen molar-refractivity contribution in [2.75, 3.05) is 0 Å². The van der Waals surface area contributed by atoms with Gasteiger partial charge >= 0.3 is 5.97 Å². The summed E-state index contributed by atoms with van der Waals surface area (Å²) < 4.78 is 5.54. The number of aliphatic carboxylic acids is 1. The molecule has 110 valence electrons. The van der Waals surface area contributed by atoms with Crippen molar-refractivity contribution in [3.05, 3.63) is 67.0 Å². The summed E-state index contributed by atoms with van der Waals surface area (Å²) in [5.41, 5.74) is 0.775. The number of ether oxygens (including phenoxy) is 1. The Kier molecular flexibility index (Phi) is 6.47. The fraction of sp³-hybridized carbons (Fsp3) is 0.125. The Hall–Kier alpha value is -2.82. The highest BCUT2D eigenvalue weighted by molar-refractivity contribution is 5.76. The van der Waals surface area contributed by atoms with Gasteiger partial charge < -0.3 is 15.2 Å². The number of carbonyl (C=O) groups is 2. The van der Waals surface area contributed by atoms with Crippen LogP contribution in [0.1, 0.15) is 5.56 Å². The first-order valence-corrected chi connectivity index (χ1v) is 6.25. The second-order valence-corrected chi connectivity index (χ2v) is 4.13. The Morgan fingerprint density at radius 3 is 2.48 bits per heavy atom. The second kappa shape index (κ2) is 8.37. The van der Waals surface area contributed by atoms with Crippen LogP contribution in [-0.4, -0.2) is 23.5 Å². The number of allylic oxidation sites excluding steroid dienone is 3. The Morgan fingerprint density at radius 1 is 1.33 bits per heavy atom. The number of amides is 1. The van der Waals surface area contributed by atoms with E-state index in [2.05, 4.69) is 18.5 Å². The van der Waals surface area contributed by atoms with Crippen LogP contribution in [-0.2, 0) is 16.0 Å². The van der Waals surface area contributed by atoms with Gasteiger partial charge in [-0.2, -0.15) is 0 Å². The molecule has 1 amide bonds. The van der Waals surface area contributed by atoms with E-state index in [9.17, 15) is 9.59 Å². The first-order valence-electron chi connectivity index (χ1n) is 6.25. The van der Waals surface area contributed by atoms with Gasteiger partial charge in [0.1, 0.15) is 17.6 Å². The molecule has 0 aliphatic carbocycles.